The number of para-hydroxylation sites is 1. The Kier molecular flexibility index (Phi) is 5.80. The maximum absolute atomic E-state index is 9.86. The van der Waals surface area contributed by atoms with Gasteiger partial charge in [-0.3, -0.25) is 0 Å². The van der Waals surface area contributed by atoms with E-state index in [0.717, 1.165) is 12.8 Å². The highest BCUT2D eigenvalue weighted by atomic mass is 16.7. The molecular formula is C13H20O4. The standard InChI is InChI=1S/C13H20O4/c1-4-6-12(16-3)17-9-10-7-5-8-11(15-2)13(10)14/h5,7-8,12,14H,4,6,9H2,1-3H3. The highest BCUT2D eigenvalue weighted by molar-refractivity contribution is 5.44. The van der Waals surface area contributed by atoms with Gasteiger partial charge in [-0.2, -0.15) is 0 Å². The molecule has 0 radical (unpaired) electrons. The number of aromatic hydroxyl groups is 1. The SMILES string of the molecule is CCCC(OC)OCc1cccc(OC)c1O. The quantitative estimate of drug-likeness (QED) is 0.744. The third-order valence-corrected chi connectivity index (χ3v) is 2.51. The largest absolute Gasteiger partial charge is 0.504 e. The molecule has 0 aliphatic carbocycles. The zero-order valence-corrected chi connectivity index (χ0v) is 10.6. The molecule has 17 heavy (non-hydrogen) atoms. The van der Waals surface area contributed by atoms with Crippen molar-refractivity contribution in [3.05, 3.63) is 23.8 Å². The van der Waals surface area contributed by atoms with Crippen LogP contribution in [0.3, 0.4) is 0 Å². The van der Waals surface area contributed by atoms with Crippen LogP contribution in [0.15, 0.2) is 18.2 Å². The Labute approximate surface area is 102 Å². The smallest absolute Gasteiger partial charge is 0.163 e. The Balaban J connectivity index is 2.62. The molecule has 96 valence electrons. The average Bonchev–Trinajstić information content (AvgIpc) is 2.36. The van der Waals surface area contributed by atoms with Gasteiger partial charge in [0.1, 0.15) is 0 Å². The van der Waals surface area contributed by atoms with Crippen LogP contribution in [0.1, 0.15) is 25.3 Å². The molecule has 0 aliphatic heterocycles. The molecule has 0 aliphatic rings. The third kappa shape index (κ3) is 3.91. The second-order valence-electron chi connectivity index (χ2n) is 3.73. The van der Waals surface area contributed by atoms with Crippen LogP contribution in [0.4, 0.5) is 0 Å². The van der Waals surface area contributed by atoms with E-state index in [-0.39, 0.29) is 12.0 Å². The monoisotopic (exact) mass is 240 g/mol. The van der Waals surface area contributed by atoms with E-state index in [2.05, 4.69) is 6.92 Å². The molecular weight excluding hydrogens is 220 g/mol. The second kappa shape index (κ2) is 7.14. The topological polar surface area (TPSA) is 47.9 Å². The Morgan fingerprint density at radius 2 is 2.06 bits per heavy atom. The van der Waals surface area contributed by atoms with Gasteiger partial charge < -0.3 is 19.3 Å². The van der Waals surface area contributed by atoms with Gasteiger partial charge >= 0.3 is 0 Å². The first-order valence-corrected chi connectivity index (χ1v) is 5.72. The minimum Gasteiger partial charge on any atom is -0.504 e. The van der Waals surface area contributed by atoms with E-state index in [1.807, 2.05) is 6.07 Å². The second-order valence-corrected chi connectivity index (χ2v) is 3.73. The first-order valence-electron chi connectivity index (χ1n) is 5.72. The number of rotatable bonds is 7. The van der Waals surface area contributed by atoms with Gasteiger partial charge in [-0.1, -0.05) is 25.5 Å². The molecule has 0 bridgehead atoms. The van der Waals surface area contributed by atoms with Gasteiger partial charge in [0, 0.05) is 12.7 Å². The van der Waals surface area contributed by atoms with E-state index in [9.17, 15) is 5.11 Å². The van der Waals surface area contributed by atoms with E-state index in [4.69, 9.17) is 14.2 Å². The number of phenols is 1. The summed E-state index contributed by atoms with van der Waals surface area (Å²) in [7, 11) is 3.14. The lowest BCUT2D eigenvalue weighted by molar-refractivity contribution is -0.135. The summed E-state index contributed by atoms with van der Waals surface area (Å²) in [4.78, 5) is 0. The van der Waals surface area contributed by atoms with Crippen molar-refractivity contribution in [2.24, 2.45) is 0 Å². The van der Waals surface area contributed by atoms with Gasteiger partial charge in [-0.05, 0) is 12.5 Å². The van der Waals surface area contributed by atoms with Crippen LogP contribution in [0, 0.1) is 0 Å². The van der Waals surface area contributed by atoms with Gasteiger partial charge in [0.25, 0.3) is 0 Å². The molecule has 0 heterocycles. The highest BCUT2D eigenvalue weighted by Gasteiger charge is 2.10. The van der Waals surface area contributed by atoms with E-state index in [1.54, 1.807) is 19.2 Å². The van der Waals surface area contributed by atoms with Crippen molar-refractivity contribution >= 4 is 0 Å². The molecule has 1 atom stereocenters. The van der Waals surface area contributed by atoms with Gasteiger partial charge in [0.2, 0.25) is 0 Å². The minimum atomic E-state index is -0.231. The molecule has 1 aromatic rings. The lowest BCUT2D eigenvalue weighted by atomic mass is 10.2. The van der Waals surface area contributed by atoms with Crippen molar-refractivity contribution in [1.82, 2.24) is 0 Å². The maximum atomic E-state index is 9.86. The van der Waals surface area contributed by atoms with Crippen LogP contribution in [0.2, 0.25) is 0 Å². The van der Waals surface area contributed by atoms with Crippen molar-refractivity contribution in [3.8, 4) is 11.5 Å². The molecule has 4 heteroatoms. The summed E-state index contributed by atoms with van der Waals surface area (Å²) in [5.74, 6) is 0.580. The van der Waals surface area contributed by atoms with Gasteiger partial charge in [0.05, 0.1) is 13.7 Å². The van der Waals surface area contributed by atoms with Gasteiger partial charge in [-0.25, -0.2) is 0 Å². The lowest BCUT2D eigenvalue weighted by Gasteiger charge is -2.16. The predicted molar refractivity (Wildman–Crippen MR) is 65.2 cm³/mol. The molecule has 0 saturated heterocycles. The fourth-order valence-corrected chi connectivity index (χ4v) is 1.54. The highest BCUT2D eigenvalue weighted by Crippen LogP contribution is 2.30. The van der Waals surface area contributed by atoms with Crippen molar-refractivity contribution in [1.29, 1.82) is 0 Å². The molecule has 1 rings (SSSR count). The maximum Gasteiger partial charge on any atom is 0.163 e. The number of benzene rings is 1. The Hall–Kier alpha value is -1.26. The van der Waals surface area contributed by atoms with Crippen molar-refractivity contribution in [2.75, 3.05) is 14.2 Å². The zero-order valence-electron chi connectivity index (χ0n) is 10.6. The Morgan fingerprint density at radius 3 is 2.65 bits per heavy atom. The molecule has 0 aromatic heterocycles. The van der Waals surface area contributed by atoms with Crippen LogP contribution >= 0.6 is 0 Å². The summed E-state index contributed by atoms with van der Waals surface area (Å²) in [5.41, 5.74) is 0.697. The molecule has 1 N–H and O–H groups in total. The summed E-state index contributed by atoms with van der Waals surface area (Å²) in [6.45, 7) is 2.37. The van der Waals surface area contributed by atoms with E-state index < -0.39 is 0 Å². The fourth-order valence-electron chi connectivity index (χ4n) is 1.54. The number of methoxy groups -OCH3 is 2. The lowest BCUT2D eigenvalue weighted by Crippen LogP contribution is -2.14. The van der Waals surface area contributed by atoms with Crippen molar-refractivity contribution < 1.29 is 19.3 Å². The molecule has 1 aromatic carbocycles. The average molecular weight is 240 g/mol. The van der Waals surface area contributed by atoms with E-state index >= 15 is 0 Å². The molecule has 1 unspecified atom stereocenters. The van der Waals surface area contributed by atoms with E-state index in [1.165, 1.54) is 7.11 Å². The van der Waals surface area contributed by atoms with Gasteiger partial charge in [0.15, 0.2) is 17.8 Å². The first-order chi connectivity index (χ1) is 8.22. The summed E-state index contributed by atoms with van der Waals surface area (Å²) >= 11 is 0. The Bertz CT molecular complexity index is 338. The number of phenolic OH excluding ortho intramolecular Hbond substituents is 1. The molecule has 0 amide bonds. The minimum absolute atomic E-state index is 0.126. The normalized spacial score (nSPS) is 12.4. The predicted octanol–water partition coefficient (Wildman–Crippen LogP) is 2.69. The zero-order chi connectivity index (χ0) is 12.7. The number of hydrogen-bond acceptors (Lipinski definition) is 4. The summed E-state index contributed by atoms with van der Waals surface area (Å²) in [6.07, 6.45) is 1.59. The first kappa shape index (κ1) is 13.8. The summed E-state index contributed by atoms with van der Waals surface area (Å²) < 4.78 is 15.8. The molecule has 0 saturated carbocycles. The van der Waals surface area contributed by atoms with Crippen LogP contribution < -0.4 is 4.74 Å². The molecule has 4 nitrogen and oxygen atoms in total. The fraction of sp³-hybridized carbons (Fsp3) is 0.538. The third-order valence-electron chi connectivity index (χ3n) is 2.51. The van der Waals surface area contributed by atoms with E-state index in [0.29, 0.717) is 17.9 Å². The Morgan fingerprint density at radius 1 is 1.29 bits per heavy atom. The summed E-state index contributed by atoms with van der Waals surface area (Å²) in [6, 6.07) is 5.33. The van der Waals surface area contributed by atoms with Crippen molar-refractivity contribution in [2.45, 2.75) is 32.7 Å². The van der Waals surface area contributed by atoms with Gasteiger partial charge in [-0.15, -0.1) is 0 Å². The molecule has 0 fully saturated rings. The van der Waals surface area contributed by atoms with Crippen LogP contribution in [-0.4, -0.2) is 25.6 Å². The van der Waals surface area contributed by atoms with Crippen molar-refractivity contribution in [3.63, 3.8) is 0 Å². The summed E-state index contributed by atoms with van der Waals surface area (Å²) in [5, 5.41) is 9.86. The molecule has 0 spiro atoms. The van der Waals surface area contributed by atoms with Crippen LogP contribution in [0.5, 0.6) is 11.5 Å². The number of hydrogen-bond donors (Lipinski definition) is 1. The number of ether oxygens (including phenoxy) is 3. The van der Waals surface area contributed by atoms with Crippen LogP contribution in [-0.2, 0) is 16.1 Å². The van der Waals surface area contributed by atoms with Crippen LogP contribution in [0.25, 0.3) is 0 Å².